The van der Waals surface area contributed by atoms with E-state index in [-0.39, 0.29) is 36.3 Å². The van der Waals surface area contributed by atoms with Crippen LogP contribution < -0.4 is 11.1 Å². The van der Waals surface area contributed by atoms with E-state index in [2.05, 4.69) is 31.2 Å². The Morgan fingerprint density at radius 2 is 1.96 bits per heavy atom. The van der Waals surface area contributed by atoms with Gasteiger partial charge < -0.3 is 16.0 Å². The van der Waals surface area contributed by atoms with E-state index in [0.717, 1.165) is 18.4 Å². The Morgan fingerprint density at radius 1 is 1.33 bits per heavy atom. The maximum atomic E-state index is 12.4. The van der Waals surface area contributed by atoms with Gasteiger partial charge >= 0.3 is 0 Å². The normalized spacial score (nSPS) is 24.5. The zero-order valence-electron chi connectivity index (χ0n) is 14.8. The minimum Gasteiger partial charge on any atom is -0.353 e. The van der Waals surface area contributed by atoms with Crippen LogP contribution in [0.25, 0.3) is 0 Å². The summed E-state index contributed by atoms with van der Waals surface area (Å²) in [5, 5.41) is 3.09. The van der Waals surface area contributed by atoms with Gasteiger partial charge in [0.05, 0.1) is 0 Å². The highest BCUT2D eigenvalue weighted by Crippen LogP contribution is 2.35. The summed E-state index contributed by atoms with van der Waals surface area (Å²) in [5.41, 5.74) is 6.99. The van der Waals surface area contributed by atoms with E-state index in [1.54, 1.807) is 0 Å². The van der Waals surface area contributed by atoms with Gasteiger partial charge in [0.15, 0.2) is 0 Å². The molecule has 138 valence electrons. The fourth-order valence-corrected chi connectivity index (χ4v) is 3.53. The highest BCUT2D eigenvalue weighted by atomic mass is 35.5. The highest BCUT2D eigenvalue weighted by Gasteiger charge is 2.37. The van der Waals surface area contributed by atoms with Crippen molar-refractivity contribution < 1.29 is 4.79 Å². The predicted molar refractivity (Wildman–Crippen MR) is 105 cm³/mol. The molecule has 0 heterocycles. The number of nitrogens with two attached hydrogens (primary N) is 1. The van der Waals surface area contributed by atoms with E-state index in [1.807, 2.05) is 30.3 Å². The quantitative estimate of drug-likeness (QED) is 0.830. The van der Waals surface area contributed by atoms with E-state index in [9.17, 15) is 4.79 Å². The van der Waals surface area contributed by atoms with Gasteiger partial charge in [0.2, 0.25) is 5.91 Å². The Bertz CT molecular complexity index is 498. The van der Waals surface area contributed by atoms with Crippen molar-refractivity contribution in [1.29, 1.82) is 0 Å². The molecule has 1 saturated carbocycles. The van der Waals surface area contributed by atoms with Crippen molar-refractivity contribution in [2.24, 2.45) is 11.7 Å². The van der Waals surface area contributed by atoms with E-state index in [1.165, 1.54) is 12.8 Å². The molecule has 1 aromatic rings. The topological polar surface area (TPSA) is 58.4 Å². The lowest BCUT2D eigenvalue weighted by Crippen LogP contribution is -2.55. The van der Waals surface area contributed by atoms with Crippen LogP contribution >= 0.6 is 24.8 Å². The fourth-order valence-electron chi connectivity index (χ4n) is 3.53. The minimum absolute atomic E-state index is 0. The van der Waals surface area contributed by atoms with Crippen molar-refractivity contribution in [3.63, 3.8) is 0 Å². The first-order valence-corrected chi connectivity index (χ1v) is 8.20. The van der Waals surface area contributed by atoms with E-state index in [0.29, 0.717) is 12.5 Å². The SMILES string of the molecule is CC1CCCC(CNC(=O)C(N)c2ccccc2)(N(C)C)C1.Cl.Cl. The number of hydrogen-bond acceptors (Lipinski definition) is 3. The number of likely N-dealkylation sites (N-methyl/N-ethyl adjacent to an activating group) is 1. The third kappa shape index (κ3) is 5.62. The van der Waals surface area contributed by atoms with E-state index in [4.69, 9.17) is 5.73 Å². The number of benzene rings is 1. The summed E-state index contributed by atoms with van der Waals surface area (Å²) in [6, 6.07) is 8.95. The first-order chi connectivity index (χ1) is 10.4. The summed E-state index contributed by atoms with van der Waals surface area (Å²) in [7, 11) is 4.22. The molecule has 1 aliphatic carbocycles. The Kier molecular flexibility index (Phi) is 9.90. The molecule has 1 aromatic carbocycles. The standard InChI is InChI=1S/C18H29N3O.2ClH/c1-14-8-7-11-18(12-14,21(2)3)13-20-17(22)16(19)15-9-5-4-6-10-15;;/h4-6,9-10,14,16H,7-8,11-13,19H2,1-3H3,(H,20,22);2*1H. The van der Waals surface area contributed by atoms with E-state index >= 15 is 0 Å². The summed E-state index contributed by atoms with van der Waals surface area (Å²) in [6.45, 7) is 2.97. The zero-order chi connectivity index (χ0) is 16.2. The van der Waals surface area contributed by atoms with Crippen LogP contribution in [-0.2, 0) is 4.79 Å². The van der Waals surface area contributed by atoms with Crippen LogP contribution in [0.15, 0.2) is 30.3 Å². The number of hydrogen-bond donors (Lipinski definition) is 2. The molecule has 1 aliphatic rings. The summed E-state index contributed by atoms with van der Waals surface area (Å²) in [5.74, 6) is 0.613. The maximum Gasteiger partial charge on any atom is 0.241 e. The number of amides is 1. The van der Waals surface area contributed by atoms with Crippen LogP contribution in [0, 0.1) is 5.92 Å². The van der Waals surface area contributed by atoms with Gasteiger partial charge in [-0.2, -0.15) is 0 Å². The second-order valence-electron chi connectivity index (χ2n) is 6.93. The first-order valence-electron chi connectivity index (χ1n) is 8.20. The molecular formula is C18H31Cl2N3O. The van der Waals surface area contributed by atoms with Gasteiger partial charge in [0, 0.05) is 12.1 Å². The summed E-state index contributed by atoms with van der Waals surface area (Å²) >= 11 is 0. The van der Waals surface area contributed by atoms with Crippen LogP contribution in [0.2, 0.25) is 0 Å². The Morgan fingerprint density at radius 3 is 2.50 bits per heavy atom. The first kappa shape index (κ1) is 23.2. The van der Waals surface area contributed by atoms with Crippen LogP contribution in [0.5, 0.6) is 0 Å². The molecule has 2 rings (SSSR count). The molecule has 0 aliphatic heterocycles. The Balaban J connectivity index is 0.00000264. The summed E-state index contributed by atoms with van der Waals surface area (Å²) in [4.78, 5) is 14.7. The van der Waals surface area contributed by atoms with Crippen LogP contribution in [0.4, 0.5) is 0 Å². The molecule has 3 N–H and O–H groups in total. The number of nitrogens with one attached hydrogen (secondary N) is 1. The predicted octanol–water partition coefficient (Wildman–Crippen LogP) is 3.16. The summed E-state index contributed by atoms with van der Waals surface area (Å²) in [6.07, 6.45) is 4.76. The third-order valence-corrected chi connectivity index (χ3v) is 5.05. The minimum atomic E-state index is -0.596. The third-order valence-electron chi connectivity index (χ3n) is 5.05. The van der Waals surface area contributed by atoms with Crippen molar-refractivity contribution in [2.45, 2.75) is 44.2 Å². The molecule has 3 atom stereocenters. The number of nitrogens with zero attached hydrogens (tertiary/aromatic N) is 1. The lowest BCUT2D eigenvalue weighted by Gasteiger charge is -2.45. The van der Waals surface area contributed by atoms with Gasteiger partial charge in [0.1, 0.15) is 6.04 Å². The lowest BCUT2D eigenvalue weighted by molar-refractivity contribution is -0.123. The molecule has 0 spiro atoms. The zero-order valence-corrected chi connectivity index (χ0v) is 16.5. The Hall–Kier alpha value is -0.810. The molecule has 0 saturated heterocycles. The smallest absolute Gasteiger partial charge is 0.241 e. The molecule has 1 amide bonds. The van der Waals surface area contributed by atoms with E-state index < -0.39 is 6.04 Å². The number of rotatable bonds is 5. The van der Waals surface area contributed by atoms with Crippen molar-refractivity contribution in [2.75, 3.05) is 20.6 Å². The molecule has 6 heteroatoms. The van der Waals surface area contributed by atoms with Gasteiger partial charge in [-0.25, -0.2) is 0 Å². The molecule has 3 unspecified atom stereocenters. The average molecular weight is 376 g/mol. The molecule has 4 nitrogen and oxygen atoms in total. The molecule has 1 fully saturated rings. The van der Waals surface area contributed by atoms with Crippen molar-refractivity contribution in [3.05, 3.63) is 35.9 Å². The molecule has 0 aromatic heterocycles. The molecule has 24 heavy (non-hydrogen) atoms. The molecular weight excluding hydrogens is 345 g/mol. The summed E-state index contributed by atoms with van der Waals surface area (Å²) < 4.78 is 0. The lowest BCUT2D eigenvalue weighted by atomic mass is 9.75. The van der Waals surface area contributed by atoms with Gasteiger partial charge in [0.25, 0.3) is 0 Å². The largest absolute Gasteiger partial charge is 0.353 e. The van der Waals surface area contributed by atoms with Gasteiger partial charge in [-0.3, -0.25) is 4.79 Å². The second-order valence-corrected chi connectivity index (χ2v) is 6.93. The molecule has 0 radical (unpaired) electrons. The Labute approximate surface area is 158 Å². The number of carbonyl (C=O) groups excluding carboxylic acids is 1. The van der Waals surface area contributed by atoms with Crippen LogP contribution in [-0.4, -0.2) is 37.0 Å². The second kappa shape index (κ2) is 10.2. The number of carbonyl (C=O) groups is 1. The van der Waals surface area contributed by atoms with Crippen molar-refractivity contribution in [3.8, 4) is 0 Å². The molecule has 0 bridgehead atoms. The highest BCUT2D eigenvalue weighted by molar-refractivity contribution is 5.85. The van der Waals surface area contributed by atoms with Crippen molar-refractivity contribution >= 4 is 30.7 Å². The maximum absolute atomic E-state index is 12.4. The number of halogens is 2. The van der Waals surface area contributed by atoms with Crippen molar-refractivity contribution in [1.82, 2.24) is 10.2 Å². The van der Waals surface area contributed by atoms with Gasteiger partial charge in [-0.05, 0) is 38.4 Å². The van der Waals surface area contributed by atoms with Gasteiger partial charge in [-0.15, -0.1) is 24.8 Å². The monoisotopic (exact) mass is 375 g/mol. The fraction of sp³-hybridized carbons (Fsp3) is 0.611. The van der Waals surface area contributed by atoms with Crippen LogP contribution in [0.1, 0.15) is 44.2 Å². The van der Waals surface area contributed by atoms with Gasteiger partial charge in [-0.1, -0.05) is 50.1 Å². The van der Waals surface area contributed by atoms with Crippen LogP contribution in [0.3, 0.4) is 0 Å². The average Bonchev–Trinajstić information content (AvgIpc) is 2.52.